The van der Waals surface area contributed by atoms with Crippen molar-refractivity contribution < 1.29 is 0 Å². The van der Waals surface area contributed by atoms with Gasteiger partial charge in [-0.05, 0) is 51.1 Å². The SMILES string of the molecule is Cn1ncc(-c2nc(NC3CCNCC3)ncc2Cl)c1CC1CC1. The van der Waals surface area contributed by atoms with Crippen LogP contribution in [-0.2, 0) is 13.5 Å². The number of piperidine rings is 1. The molecule has 2 aromatic heterocycles. The molecule has 1 saturated heterocycles. The quantitative estimate of drug-likeness (QED) is 0.871. The monoisotopic (exact) mass is 346 g/mol. The Bertz CT molecular complexity index is 718. The van der Waals surface area contributed by atoms with E-state index in [1.54, 1.807) is 6.20 Å². The van der Waals surface area contributed by atoms with Gasteiger partial charge >= 0.3 is 0 Å². The summed E-state index contributed by atoms with van der Waals surface area (Å²) in [4.78, 5) is 9.08. The predicted octanol–water partition coefficient (Wildman–Crippen LogP) is 2.65. The summed E-state index contributed by atoms with van der Waals surface area (Å²) in [6.45, 7) is 2.07. The molecule has 6 nitrogen and oxygen atoms in total. The lowest BCUT2D eigenvalue weighted by Crippen LogP contribution is -2.35. The summed E-state index contributed by atoms with van der Waals surface area (Å²) in [5.41, 5.74) is 3.03. The van der Waals surface area contributed by atoms with Gasteiger partial charge in [0.15, 0.2) is 0 Å². The summed E-state index contributed by atoms with van der Waals surface area (Å²) >= 11 is 6.41. The third-order valence-corrected chi connectivity index (χ3v) is 5.19. The molecule has 0 unspecified atom stereocenters. The van der Waals surface area contributed by atoms with Crippen molar-refractivity contribution in [3.05, 3.63) is 23.1 Å². The molecule has 1 saturated carbocycles. The molecule has 2 aliphatic rings. The van der Waals surface area contributed by atoms with Crippen LogP contribution in [-0.4, -0.2) is 38.9 Å². The zero-order valence-electron chi connectivity index (χ0n) is 13.9. The molecule has 4 rings (SSSR count). The van der Waals surface area contributed by atoms with Gasteiger partial charge in [0.1, 0.15) is 0 Å². The summed E-state index contributed by atoms with van der Waals surface area (Å²) in [5, 5.41) is 11.8. The number of aromatic nitrogens is 4. The van der Waals surface area contributed by atoms with Gasteiger partial charge in [0.05, 0.1) is 23.1 Å². The third-order valence-electron chi connectivity index (χ3n) is 4.91. The van der Waals surface area contributed by atoms with Gasteiger partial charge in [-0.15, -0.1) is 0 Å². The molecular formula is C17H23ClN6. The van der Waals surface area contributed by atoms with Crippen molar-refractivity contribution in [2.75, 3.05) is 18.4 Å². The standard InChI is InChI=1S/C17H23ClN6/c1-24-15(8-11-2-3-11)13(9-21-24)16-14(18)10-20-17(23-16)22-12-4-6-19-7-5-12/h9-12,19H,2-8H2,1H3,(H,20,22,23). The molecule has 0 amide bonds. The molecule has 0 spiro atoms. The Kier molecular flexibility index (Phi) is 4.41. The highest BCUT2D eigenvalue weighted by Crippen LogP contribution is 2.36. The molecule has 2 fully saturated rings. The number of hydrogen-bond donors (Lipinski definition) is 2. The first kappa shape index (κ1) is 15.8. The van der Waals surface area contributed by atoms with Crippen LogP contribution in [0.15, 0.2) is 12.4 Å². The summed E-state index contributed by atoms with van der Waals surface area (Å²) in [6, 6.07) is 0.417. The molecule has 24 heavy (non-hydrogen) atoms. The van der Waals surface area contributed by atoms with Crippen molar-refractivity contribution in [1.82, 2.24) is 25.1 Å². The lowest BCUT2D eigenvalue weighted by molar-refractivity contribution is 0.477. The summed E-state index contributed by atoms with van der Waals surface area (Å²) in [6.07, 6.45) is 9.40. The van der Waals surface area contributed by atoms with Gasteiger partial charge in [-0.2, -0.15) is 5.10 Å². The Morgan fingerprint density at radius 1 is 1.25 bits per heavy atom. The van der Waals surface area contributed by atoms with Crippen LogP contribution >= 0.6 is 11.6 Å². The minimum Gasteiger partial charge on any atom is -0.351 e. The minimum atomic E-state index is 0.417. The van der Waals surface area contributed by atoms with Crippen molar-refractivity contribution in [3.63, 3.8) is 0 Å². The van der Waals surface area contributed by atoms with E-state index >= 15 is 0 Å². The highest BCUT2D eigenvalue weighted by molar-refractivity contribution is 6.32. The summed E-state index contributed by atoms with van der Waals surface area (Å²) in [7, 11) is 1.99. The molecule has 0 aromatic carbocycles. The van der Waals surface area contributed by atoms with Gasteiger partial charge in [0, 0.05) is 24.3 Å². The maximum Gasteiger partial charge on any atom is 0.223 e. The molecule has 0 bridgehead atoms. The van der Waals surface area contributed by atoms with E-state index in [1.165, 1.54) is 18.5 Å². The second-order valence-corrected chi connectivity index (χ2v) is 7.24. The van der Waals surface area contributed by atoms with E-state index in [0.717, 1.165) is 49.5 Å². The number of nitrogens with zero attached hydrogens (tertiary/aromatic N) is 4. The van der Waals surface area contributed by atoms with Crippen LogP contribution in [0, 0.1) is 5.92 Å². The van der Waals surface area contributed by atoms with Gasteiger partial charge in [-0.1, -0.05) is 11.6 Å². The molecular weight excluding hydrogens is 324 g/mol. The van der Waals surface area contributed by atoms with E-state index < -0.39 is 0 Å². The van der Waals surface area contributed by atoms with E-state index in [2.05, 4.69) is 20.7 Å². The van der Waals surface area contributed by atoms with Gasteiger partial charge < -0.3 is 10.6 Å². The maximum absolute atomic E-state index is 6.41. The first-order chi connectivity index (χ1) is 11.7. The summed E-state index contributed by atoms with van der Waals surface area (Å²) < 4.78 is 1.95. The van der Waals surface area contributed by atoms with E-state index in [1.807, 2.05) is 17.9 Å². The third kappa shape index (κ3) is 3.39. The fraction of sp³-hybridized carbons (Fsp3) is 0.588. The second kappa shape index (κ2) is 6.69. The largest absolute Gasteiger partial charge is 0.351 e. The Balaban J connectivity index is 1.61. The molecule has 2 N–H and O–H groups in total. The molecule has 0 radical (unpaired) electrons. The Hall–Kier alpha value is -1.66. The number of rotatable bonds is 5. The average molecular weight is 347 g/mol. The van der Waals surface area contributed by atoms with Crippen LogP contribution in [0.1, 0.15) is 31.4 Å². The summed E-state index contributed by atoms with van der Waals surface area (Å²) in [5.74, 6) is 1.44. The van der Waals surface area contributed by atoms with Crippen molar-refractivity contribution in [2.45, 2.75) is 38.1 Å². The lowest BCUT2D eigenvalue weighted by Gasteiger charge is -2.23. The van der Waals surface area contributed by atoms with E-state index in [9.17, 15) is 0 Å². The van der Waals surface area contributed by atoms with E-state index in [4.69, 9.17) is 16.6 Å². The van der Waals surface area contributed by atoms with E-state index in [-0.39, 0.29) is 0 Å². The molecule has 7 heteroatoms. The maximum atomic E-state index is 6.41. The topological polar surface area (TPSA) is 67.7 Å². The second-order valence-electron chi connectivity index (χ2n) is 6.83. The number of hydrogen-bond acceptors (Lipinski definition) is 5. The fourth-order valence-corrected chi connectivity index (χ4v) is 3.47. The molecule has 1 aliphatic heterocycles. The average Bonchev–Trinajstić information content (AvgIpc) is 3.34. The zero-order chi connectivity index (χ0) is 16.5. The first-order valence-electron chi connectivity index (χ1n) is 8.71. The fourth-order valence-electron chi connectivity index (χ4n) is 3.27. The lowest BCUT2D eigenvalue weighted by atomic mass is 10.1. The number of aryl methyl sites for hydroxylation is 1. The van der Waals surface area contributed by atoms with Crippen molar-refractivity contribution in [1.29, 1.82) is 0 Å². The van der Waals surface area contributed by atoms with Gasteiger partial charge in [-0.3, -0.25) is 4.68 Å². The van der Waals surface area contributed by atoms with Crippen molar-refractivity contribution in [2.24, 2.45) is 13.0 Å². The van der Waals surface area contributed by atoms with Crippen LogP contribution in [0.3, 0.4) is 0 Å². The number of nitrogens with one attached hydrogen (secondary N) is 2. The molecule has 3 heterocycles. The molecule has 0 atom stereocenters. The zero-order valence-corrected chi connectivity index (χ0v) is 14.7. The van der Waals surface area contributed by atoms with Gasteiger partial charge in [0.25, 0.3) is 0 Å². The normalized spacial score (nSPS) is 18.8. The molecule has 128 valence electrons. The Morgan fingerprint density at radius 3 is 2.79 bits per heavy atom. The van der Waals surface area contributed by atoms with Crippen LogP contribution in [0.2, 0.25) is 5.02 Å². The first-order valence-corrected chi connectivity index (χ1v) is 9.09. The Labute approximate surface area is 147 Å². The predicted molar refractivity (Wildman–Crippen MR) is 95.2 cm³/mol. The number of anilines is 1. The van der Waals surface area contributed by atoms with Crippen LogP contribution in [0.4, 0.5) is 5.95 Å². The highest BCUT2D eigenvalue weighted by Gasteiger charge is 2.26. The number of halogens is 1. The van der Waals surface area contributed by atoms with Gasteiger partial charge in [0.2, 0.25) is 5.95 Å². The van der Waals surface area contributed by atoms with Crippen molar-refractivity contribution in [3.8, 4) is 11.3 Å². The highest BCUT2D eigenvalue weighted by atomic mass is 35.5. The van der Waals surface area contributed by atoms with Crippen LogP contribution in [0.5, 0.6) is 0 Å². The van der Waals surface area contributed by atoms with Crippen LogP contribution < -0.4 is 10.6 Å². The minimum absolute atomic E-state index is 0.417. The Morgan fingerprint density at radius 2 is 2.04 bits per heavy atom. The smallest absolute Gasteiger partial charge is 0.223 e. The van der Waals surface area contributed by atoms with E-state index in [0.29, 0.717) is 17.0 Å². The van der Waals surface area contributed by atoms with Crippen LogP contribution in [0.25, 0.3) is 11.3 Å². The van der Waals surface area contributed by atoms with Crippen molar-refractivity contribution >= 4 is 17.5 Å². The molecule has 2 aromatic rings. The van der Waals surface area contributed by atoms with Gasteiger partial charge in [-0.25, -0.2) is 9.97 Å². The molecule has 1 aliphatic carbocycles.